The number of hydrogen-bond acceptors (Lipinski definition) is 6. The first kappa shape index (κ1) is 24.5. The summed E-state index contributed by atoms with van der Waals surface area (Å²) in [5, 5.41) is 4.66. The van der Waals surface area contributed by atoms with Crippen molar-refractivity contribution in [3.05, 3.63) is 54.1 Å². The topological polar surface area (TPSA) is 88.6 Å². The maximum atomic E-state index is 13.2. The van der Waals surface area contributed by atoms with Crippen LogP contribution in [0.25, 0.3) is 10.9 Å². The fourth-order valence-corrected chi connectivity index (χ4v) is 6.41. The Morgan fingerprint density at radius 3 is 2.56 bits per heavy atom. The van der Waals surface area contributed by atoms with Crippen LogP contribution >= 0.6 is 11.8 Å². The number of sulfonamides is 1. The molecule has 0 atom stereocenters. The number of benzene rings is 2. The second kappa shape index (κ2) is 10.8. The van der Waals surface area contributed by atoms with Gasteiger partial charge in [-0.2, -0.15) is 4.31 Å². The van der Waals surface area contributed by atoms with Gasteiger partial charge in [0.25, 0.3) is 0 Å². The molecule has 9 heteroatoms. The van der Waals surface area contributed by atoms with Gasteiger partial charge in [0.1, 0.15) is 5.75 Å². The van der Waals surface area contributed by atoms with Crippen molar-refractivity contribution in [1.82, 2.24) is 9.29 Å². The van der Waals surface area contributed by atoms with Gasteiger partial charge >= 0.3 is 0 Å². The number of ether oxygens (including phenoxy) is 1. The average Bonchev–Trinajstić information content (AvgIpc) is 3.13. The Hall–Kier alpha value is -2.62. The zero-order chi connectivity index (χ0) is 24.1. The van der Waals surface area contributed by atoms with Crippen molar-refractivity contribution < 1.29 is 17.9 Å². The van der Waals surface area contributed by atoms with Crippen molar-refractivity contribution in [2.45, 2.75) is 42.5 Å². The Bertz CT molecular complexity index is 1290. The second-order valence-corrected chi connectivity index (χ2v) is 11.2. The molecule has 2 heterocycles. The number of carbonyl (C=O) groups excluding carboxylic acids is 1. The van der Waals surface area contributed by atoms with Gasteiger partial charge in [0.15, 0.2) is 0 Å². The summed E-state index contributed by atoms with van der Waals surface area (Å²) >= 11 is 1.33. The normalized spacial score (nSPS) is 15.1. The maximum Gasteiger partial charge on any atom is 0.243 e. The fourth-order valence-electron chi connectivity index (χ4n) is 4.09. The van der Waals surface area contributed by atoms with E-state index >= 15 is 0 Å². The van der Waals surface area contributed by atoms with Crippen LogP contribution in [0.1, 0.15) is 31.2 Å². The van der Waals surface area contributed by atoms with Gasteiger partial charge < -0.3 is 10.1 Å². The Morgan fingerprint density at radius 2 is 1.82 bits per heavy atom. The van der Waals surface area contributed by atoms with E-state index in [-0.39, 0.29) is 16.6 Å². The summed E-state index contributed by atoms with van der Waals surface area (Å²) < 4.78 is 33.3. The van der Waals surface area contributed by atoms with Gasteiger partial charge in [0, 0.05) is 18.5 Å². The highest BCUT2D eigenvalue weighted by Gasteiger charge is 2.26. The molecule has 7 nitrogen and oxygen atoms in total. The maximum absolute atomic E-state index is 13.2. The third-order valence-electron chi connectivity index (χ3n) is 5.90. The predicted molar refractivity (Wildman–Crippen MR) is 136 cm³/mol. The smallest absolute Gasteiger partial charge is 0.243 e. The van der Waals surface area contributed by atoms with Crippen molar-refractivity contribution in [1.29, 1.82) is 0 Å². The minimum atomic E-state index is -3.64. The van der Waals surface area contributed by atoms with E-state index in [4.69, 9.17) is 4.74 Å². The molecule has 1 amide bonds. The van der Waals surface area contributed by atoms with E-state index in [1.807, 2.05) is 37.3 Å². The van der Waals surface area contributed by atoms with Gasteiger partial charge in [-0.15, -0.1) is 0 Å². The molecule has 1 saturated heterocycles. The molecule has 34 heavy (non-hydrogen) atoms. The zero-order valence-electron chi connectivity index (χ0n) is 19.4. The molecule has 180 valence electrons. The molecule has 0 bridgehead atoms. The molecule has 1 N–H and O–H groups in total. The zero-order valence-corrected chi connectivity index (χ0v) is 21.0. The molecular formula is C25H29N3O4S2. The Balaban J connectivity index is 1.49. The van der Waals surface area contributed by atoms with E-state index in [0.717, 1.165) is 47.2 Å². The molecule has 1 aliphatic rings. The van der Waals surface area contributed by atoms with E-state index in [2.05, 4.69) is 10.3 Å². The molecule has 2 aromatic carbocycles. The third kappa shape index (κ3) is 5.54. The molecule has 1 aliphatic heterocycles. The van der Waals surface area contributed by atoms with Crippen LogP contribution in [0, 0.1) is 6.92 Å². The largest absolute Gasteiger partial charge is 0.495 e. The molecule has 0 unspecified atom stereocenters. The predicted octanol–water partition coefficient (Wildman–Crippen LogP) is 4.85. The van der Waals surface area contributed by atoms with Gasteiger partial charge in [-0.25, -0.2) is 13.4 Å². The average molecular weight is 500 g/mol. The lowest BCUT2D eigenvalue weighted by Gasteiger charge is -2.21. The molecule has 0 spiro atoms. The number of aromatic nitrogens is 1. The SMILES string of the molecule is COc1ccc(S(=O)(=O)N2CCCCCC2)cc1NC(=O)CSc1cc(C)c2ccccc2n1. The molecule has 0 saturated carbocycles. The van der Waals surface area contributed by atoms with Gasteiger partial charge in [-0.05, 0) is 55.7 Å². The van der Waals surface area contributed by atoms with Crippen molar-refractivity contribution in [3.8, 4) is 5.75 Å². The number of nitrogens with zero attached hydrogens (tertiary/aromatic N) is 2. The summed E-state index contributed by atoms with van der Waals surface area (Å²) in [4.78, 5) is 17.5. The summed E-state index contributed by atoms with van der Waals surface area (Å²) in [6, 6.07) is 14.5. The molecule has 3 aromatic rings. The van der Waals surface area contributed by atoms with Crippen LogP contribution < -0.4 is 10.1 Å². The number of para-hydroxylation sites is 1. The summed E-state index contributed by atoms with van der Waals surface area (Å²) in [6.07, 6.45) is 3.80. The van der Waals surface area contributed by atoms with Crippen molar-refractivity contribution in [2.75, 3.05) is 31.3 Å². The molecule has 0 radical (unpaired) electrons. The highest BCUT2D eigenvalue weighted by Crippen LogP contribution is 2.30. The number of aryl methyl sites for hydroxylation is 1. The Labute approximate surface area is 205 Å². The van der Waals surface area contributed by atoms with Crippen molar-refractivity contribution in [3.63, 3.8) is 0 Å². The minimum Gasteiger partial charge on any atom is -0.495 e. The summed E-state index contributed by atoms with van der Waals surface area (Å²) in [6.45, 7) is 3.06. The number of methoxy groups -OCH3 is 1. The number of fused-ring (bicyclic) bond motifs is 1. The number of anilines is 1. The Kier molecular flexibility index (Phi) is 7.75. The van der Waals surface area contributed by atoms with Crippen molar-refractivity contribution in [2.24, 2.45) is 0 Å². The van der Waals surface area contributed by atoms with Crippen LogP contribution in [0.15, 0.2) is 58.5 Å². The van der Waals surface area contributed by atoms with Gasteiger partial charge in [0.2, 0.25) is 15.9 Å². The monoisotopic (exact) mass is 499 g/mol. The summed E-state index contributed by atoms with van der Waals surface area (Å²) in [5.74, 6) is 0.282. The van der Waals surface area contributed by atoms with Gasteiger partial charge in [-0.3, -0.25) is 4.79 Å². The Morgan fingerprint density at radius 1 is 1.09 bits per heavy atom. The second-order valence-electron chi connectivity index (χ2n) is 8.31. The first-order valence-corrected chi connectivity index (χ1v) is 13.8. The lowest BCUT2D eigenvalue weighted by molar-refractivity contribution is -0.113. The van der Waals surface area contributed by atoms with Crippen LogP contribution in [0.3, 0.4) is 0 Å². The van der Waals surface area contributed by atoms with Crippen LogP contribution in [-0.4, -0.2) is 49.6 Å². The van der Waals surface area contributed by atoms with E-state index in [1.54, 1.807) is 6.07 Å². The van der Waals surface area contributed by atoms with E-state index in [0.29, 0.717) is 24.5 Å². The van der Waals surface area contributed by atoms with Crippen LogP contribution in [0.4, 0.5) is 5.69 Å². The first-order chi connectivity index (χ1) is 16.4. The number of nitrogens with one attached hydrogen (secondary N) is 1. The molecule has 1 aromatic heterocycles. The number of pyridine rings is 1. The third-order valence-corrected chi connectivity index (χ3v) is 8.70. The van der Waals surface area contributed by atoms with Crippen molar-refractivity contribution >= 4 is 44.3 Å². The quantitative estimate of drug-likeness (QED) is 0.468. The van der Waals surface area contributed by atoms with Gasteiger partial charge in [-0.1, -0.05) is 42.8 Å². The number of rotatable bonds is 7. The molecular weight excluding hydrogens is 470 g/mol. The summed E-state index contributed by atoms with van der Waals surface area (Å²) in [7, 11) is -2.15. The van der Waals surface area contributed by atoms with E-state index in [9.17, 15) is 13.2 Å². The molecule has 4 rings (SSSR count). The van der Waals surface area contributed by atoms with Crippen LogP contribution in [0.5, 0.6) is 5.75 Å². The lowest BCUT2D eigenvalue weighted by Crippen LogP contribution is -2.32. The highest BCUT2D eigenvalue weighted by molar-refractivity contribution is 7.99. The van der Waals surface area contributed by atoms with Gasteiger partial charge in [0.05, 0.1) is 34.0 Å². The van der Waals surface area contributed by atoms with E-state index in [1.165, 1.54) is 35.3 Å². The molecule has 1 fully saturated rings. The number of thioether (sulfide) groups is 1. The number of hydrogen-bond donors (Lipinski definition) is 1. The number of carbonyl (C=O) groups is 1. The first-order valence-electron chi connectivity index (χ1n) is 11.4. The minimum absolute atomic E-state index is 0.136. The lowest BCUT2D eigenvalue weighted by atomic mass is 10.1. The fraction of sp³-hybridized carbons (Fsp3) is 0.360. The van der Waals surface area contributed by atoms with E-state index < -0.39 is 10.0 Å². The standard InChI is InChI=1S/C25H29N3O4S2/c1-18-15-25(27-21-10-6-5-9-20(18)21)33-17-24(29)26-22-16-19(11-12-23(22)32-2)34(30,31)28-13-7-3-4-8-14-28/h5-6,9-12,15-16H,3-4,7-8,13-14,17H2,1-2H3,(H,26,29). The van der Waals surface area contributed by atoms with Crippen LogP contribution in [-0.2, 0) is 14.8 Å². The van der Waals surface area contributed by atoms with Crippen LogP contribution in [0.2, 0.25) is 0 Å². The summed E-state index contributed by atoms with van der Waals surface area (Å²) in [5.41, 5.74) is 2.33. The highest BCUT2D eigenvalue weighted by atomic mass is 32.2. The number of amides is 1. The molecule has 0 aliphatic carbocycles.